The van der Waals surface area contributed by atoms with Gasteiger partial charge in [0.2, 0.25) is 0 Å². The van der Waals surface area contributed by atoms with Gasteiger partial charge in [-0.2, -0.15) is 5.53 Å². The summed E-state index contributed by atoms with van der Waals surface area (Å²) in [6, 6.07) is 0.980. The molecule has 2 aromatic rings. The van der Waals surface area contributed by atoms with Crippen LogP contribution in [0.4, 0.5) is 5.82 Å². The third kappa shape index (κ3) is 2.57. The molecule has 0 bridgehead atoms. The molecule has 2 N–H and O–H groups in total. The summed E-state index contributed by atoms with van der Waals surface area (Å²) in [6.45, 7) is 6.94. The first-order chi connectivity index (χ1) is 12.7. The van der Waals surface area contributed by atoms with E-state index in [1.165, 1.54) is 54.3 Å². The Hall–Kier alpha value is -1.24. The number of hydrogen-bond acceptors (Lipinski definition) is 6. The van der Waals surface area contributed by atoms with Gasteiger partial charge in [-0.25, -0.2) is 15.4 Å². The van der Waals surface area contributed by atoms with Gasteiger partial charge in [-0.1, -0.05) is 20.8 Å². The standard InChI is InChI=1S/C20H29N5S/c1-4-17-21-19(18-13-7-5-6-8-16(13)26-20(18)22-17)25-15-10-12(3)11(2)9-14(15)23-24-25/h11-12,14-15,23-24H,4-10H2,1-3H3. The van der Waals surface area contributed by atoms with E-state index in [9.17, 15) is 0 Å². The smallest absolute Gasteiger partial charge is 0.157 e. The van der Waals surface area contributed by atoms with Crippen molar-refractivity contribution in [3.8, 4) is 0 Å². The minimum Gasteiger partial charge on any atom is -0.273 e. The van der Waals surface area contributed by atoms with Crippen LogP contribution in [0.5, 0.6) is 0 Å². The van der Waals surface area contributed by atoms with Gasteiger partial charge in [0.15, 0.2) is 5.82 Å². The second kappa shape index (κ2) is 6.43. The van der Waals surface area contributed by atoms with Crippen molar-refractivity contribution in [2.45, 2.75) is 77.8 Å². The number of nitrogens with one attached hydrogen (secondary N) is 2. The molecular formula is C20H29N5S. The highest BCUT2D eigenvalue weighted by molar-refractivity contribution is 7.19. The van der Waals surface area contributed by atoms with Gasteiger partial charge in [0.25, 0.3) is 0 Å². The Kier molecular flexibility index (Phi) is 4.18. The van der Waals surface area contributed by atoms with Crippen LogP contribution in [0.15, 0.2) is 0 Å². The lowest BCUT2D eigenvalue weighted by Gasteiger charge is -2.37. The number of aryl methyl sites for hydroxylation is 3. The lowest BCUT2D eigenvalue weighted by molar-refractivity contribution is 0.227. The molecule has 3 heterocycles. The third-order valence-corrected chi connectivity index (χ3v) is 7.95. The lowest BCUT2D eigenvalue weighted by atomic mass is 9.76. The summed E-state index contributed by atoms with van der Waals surface area (Å²) in [4.78, 5) is 12.7. The van der Waals surface area contributed by atoms with E-state index in [1.807, 2.05) is 11.3 Å². The van der Waals surface area contributed by atoms with Crippen LogP contribution < -0.4 is 16.0 Å². The molecule has 2 fully saturated rings. The highest BCUT2D eigenvalue weighted by atomic mass is 32.1. The van der Waals surface area contributed by atoms with Crippen molar-refractivity contribution in [1.82, 2.24) is 20.9 Å². The molecular weight excluding hydrogens is 342 g/mol. The Morgan fingerprint density at radius 1 is 1.12 bits per heavy atom. The fourth-order valence-electron chi connectivity index (χ4n) is 4.97. The van der Waals surface area contributed by atoms with E-state index in [1.54, 1.807) is 4.88 Å². The number of aromatic nitrogens is 2. The molecule has 3 aliphatic rings. The van der Waals surface area contributed by atoms with Crippen LogP contribution in [-0.4, -0.2) is 22.1 Å². The van der Waals surface area contributed by atoms with Crippen molar-refractivity contribution >= 4 is 27.4 Å². The molecule has 2 aromatic heterocycles. The van der Waals surface area contributed by atoms with E-state index >= 15 is 0 Å². The Labute approximate surface area is 159 Å². The molecule has 1 aliphatic heterocycles. The van der Waals surface area contributed by atoms with Crippen LogP contribution in [0.25, 0.3) is 10.2 Å². The maximum atomic E-state index is 5.04. The molecule has 140 valence electrons. The largest absolute Gasteiger partial charge is 0.273 e. The quantitative estimate of drug-likeness (QED) is 0.842. The number of rotatable bonds is 2. The van der Waals surface area contributed by atoms with Crippen LogP contribution in [0.1, 0.15) is 62.7 Å². The van der Waals surface area contributed by atoms with Crippen LogP contribution in [-0.2, 0) is 19.3 Å². The number of anilines is 1. The number of hydrazine groups is 2. The lowest BCUT2D eigenvalue weighted by Crippen LogP contribution is -2.45. The van der Waals surface area contributed by atoms with Gasteiger partial charge in [-0.3, -0.25) is 5.01 Å². The SMILES string of the molecule is CCc1nc(N2NNC3CC(C)C(C)CC32)c2c3c(sc2n1)CCCC3. The first kappa shape index (κ1) is 16.9. The Bertz CT molecular complexity index is 831. The van der Waals surface area contributed by atoms with Crippen molar-refractivity contribution in [2.24, 2.45) is 11.8 Å². The normalized spacial score (nSPS) is 31.3. The second-order valence-electron chi connectivity index (χ2n) is 8.43. The van der Waals surface area contributed by atoms with Gasteiger partial charge in [-0.05, 0) is 55.9 Å². The number of hydrogen-bond donors (Lipinski definition) is 2. The highest BCUT2D eigenvalue weighted by Gasteiger charge is 2.42. The molecule has 2 aliphatic carbocycles. The summed E-state index contributed by atoms with van der Waals surface area (Å²) in [5.41, 5.74) is 8.57. The van der Waals surface area contributed by atoms with Crippen molar-refractivity contribution in [1.29, 1.82) is 0 Å². The molecule has 4 unspecified atom stereocenters. The van der Waals surface area contributed by atoms with Crippen molar-refractivity contribution in [2.75, 3.05) is 5.01 Å². The number of fused-ring (bicyclic) bond motifs is 4. The molecule has 0 aromatic carbocycles. The summed E-state index contributed by atoms with van der Waals surface area (Å²) in [5.74, 6) is 3.61. The van der Waals surface area contributed by atoms with Gasteiger partial charge < -0.3 is 0 Å². The Morgan fingerprint density at radius 3 is 2.77 bits per heavy atom. The minimum atomic E-state index is 0.475. The van der Waals surface area contributed by atoms with E-state index in [4.69, 9.17) is 9.97 Å². The first-order valence-electron chi connectivity index (χ1n) is 10.3. The summed E-state index contributed by atoms with van der Waals surface area (Å²) >= 11 is 1.91. The molecule has 1 saturated heterocycles. The molecule has 0 spiro atoms. The van der Waals surface area contributed by atoms with Crippen molar-refractivity contribution in [3.63, 3.8) is 0 Å². The maximum Gasteiger partial charge on any atom is 0.157 e. The second-order valence-corrected chi connectivity index (χ2v) is 9.52. The fraction of sp³-hybridized carbons (Fsp3) is 0.700. The summed E-state index contributed by atoms with van der Waals surface area (Å²) < 4.78 is 0. The zero-order chi connectivity index (χ0) is 17.8. The summed E-state index contributed by atoms with van der Waals surface area (Å²) in [5, 5.41) is 3.67. The molecule has 0 radical (unpaired) electrons. The summed E-state index contributed by atoms with van der Waals surface area (Å²) in [6.07, 6.45) is 8.32. The van der Waals surface area contributed by atoms with E-state index in [0.717, 1.165) is 29.9 Å². The van der Waals surface area contributed by atoms with Gasteiger partial charge in [-0.15, -0.1) is 11.3 Å². The van der Waals surface area contributed by atoms with Crippen LogP contribution in [0, 0.1) is 11.8 Å². The van der Waals surface area contributed by atoms with E-state index in [-0.39, 0.29) is 0 Å². The topological polar surface area (TPSA) is 53.1 Å². The monoisotopic (exact) mass is 371 g/mol. The van der Waals surface area contributed by atoms with Crippen LogP contribution >= 0.6 is 11.3 Å². The predicted molar refractivity (Wildman–Crippen MR) is 107 cm³/mol. The number of thiophene rings is 1. The molecule has 26 heavy (non-hydrogen) atoms. The number of nitrogens with zero attached hydrogens (tertiary/aromatic N) is 3. The average molecular weight is 372 g/mol. The Morgan fingerprint density at radius 2 is 1.92 bits per heavy atom. The van der Waals surface area contributed by atoms with E-state index < -0.39 is 0 Å². The highest BCUT2D eigenvalue weighted by Crippen LogP contribution is 2.42. The average Bonchev–Trinajstić information content (AvgIpc) is 3.22. The zero-order valence-electron chi connectivity index (χ0n) is 16.0. The van der Waals surface area contributed by atoms with Crippen molar-refractivity contribution < 1.29 is 0 Å². The van der Waals surface area contributed by atoms with Gasteiger partial charge >= 0.3 is 0 Å². The zero-order valence-corrected chi connectivity index (χ0v) is 16.8. The molecule has 1 saturated carbocycles. The molecule has 0 amide bonds. The summed E-state index contributed by atoms with van der Waals surface area (Å²) in [7, 11) is 0. The molecule has 6 heteroatoms. The van der Waals surface area contributed by atoms with Crippen molar-refractivity contribution in [3.05, 3.63) is 16.3 Å². The van der Waals surface area contributed by atoms with Gasteiger partial charge in [0, 0.05) is 17.3 Å². The van der Waals surface area contributed by atoms with Gasteiger partial charge in [0.05, 0.1) is 11.4 Å². The fourth-order valence-corrected chi connectivity index (χ4v) is 6.24. The van der Waals surface area contributed by atoms with Gasteiger partial charge in [0.1, 0.15) is 10.7 Å². The molecule has 4 atom stereocenters. The Balaban J connectivity index is 1.63. The maximum absolute atomic E-state index is 5.04. The molecule has 5 nitrogen and oxygen atoms in total. The third-order valence-electron chi connectivity index (χ3n) is 6.76. The minimum absolute atomic E-state index is 0.475. The van der Waals surface area contributed by atoms with E-state index in [2.05, 4.69) is 36.7 Å². The van der Waals surface area contributed by atoms with Crippen LogP contribution in [0.3, 0.4) is 0 Å². The molecule has 5 rings (SSSR count). The van der Waals surface area contributed by atoms with Crippen LogP contribution in [0.2, 0.25) is 0 Å². The first-order valence-corrected chi connectivity index (χ1v) is 11.1. The van der Waals surface area contributed by atoms with E-state index in [0.29, 0.717) is 12.1 Å². The predicted octanol–water partition coefficient (Wildman–Crippen LogP) is 3.76.